The lowest BCUT2D eigenvalue weighted by atomic mass is 9.82. The molecule has 0 radical (unpaired) electrons. The predicted octanol–water partition coefficient (Wildman–Crippen LogP) is 2.49. The van der Waals surface area contributed by atoms with E-state index in [4.69, 9.17) is 5.73 Å². The van der Waals surface area contributed by atoms with E-state index in [1.807, 2.05) is 24.3 Å². The van der Waals surface area contributed by atoms with E-state index in [0.29, 0.717) is 19.6 Å². The van der Waals surface area contributed by atoms with Gasteiger partial charge in [0.1, 0.15) is 0 Å². The van der Waals surface area contributed by atoms with Crippen LogP contribution in [0.5, 0.6) is 0 Å². The van der Waals surface area contributed by atoms with E-state index >= 15 is 0 Å². The van der Waals surface area contributed by atoms with Crippen molar-refractivity contribution in [2.75, 3.05) is 13.1 Å². The lowest BCUT2D eigenvalue weighted by Gasteiger charge is -2.26. The highest BCUT2D eigenvalue weighted by molar-refractivity contribution is 7.88. The monoisotopic (exact) mass is 310 g/mol. The molecule has 1 saturated heterocycles. The molecule has 1 fully saturated rings. The number of benzene rings is 1. The molecular weight excluding hydrogens is 284 g/mol. The van der Waals surface area contributed by atoms with Gasteiger partial charge in [0, 0.05) is 19.6 Å². The highest BCUT2D eigenvalue weighted by Gasteiger charge is 2.39. The average molecular weight is 310 g/mol. The summed E-state index contributed by atoms with van der Waals surface area (Å²) in [5.74, 6) is 0.0738. The van der Waals surface area contributed by atoms with Gasteiger partial charge in [-0.05, 0) is 35.8 Å². The van der Waals surface area contributed by atoms with Crippen molar-refractivity contribution >= 4 is 10.0 Å². The quantitative estimate of drug-likeness (QED) is 0.878. The van der Waals surface area contributed by atoms with Gasteiger partial charge >= 0.3 is 0 Å². The summed E-state index contributed by atoms with van der Waals surface area (Å²) in [7, 11) is -3.24. The van der Waals surface area contributed by atoms with Crippen LogP contribution < -0.4 is 5.73 Å². The third kappa shape index (κ3) is 3.65. The molecule has 1 aliphatic rings. The Bertz CT molecular complexity index is 580. The van der Waals surface area contributed by atoms with Crippen LogP contribution in [0.4, 0.5) is 0 Å². The second-order valence-corrected chi connectivity index (χ2v) is 8.04. The summed E-state index contributed by atoms with van der Waals surface area (Å²) in [5, 5.41) is 0. The topological polar surface area (TPSA) is 63.4 Å². The third-order valence-corrected chi connectivity index (χ3v) is 6.67. The van der Waals surface area contributed by atoms with Crippen molar-refractivity contribution in [3.8, 4) is 0 Å². The van der Waals surface area contributed by atoms with Crippen molar-refractivity contribution in [2.45, 2.75) is 45.4 Å². The summed E-state index contributed by atoms with van der Waals surface area (Å²) in [6.07, 6.45) is 3.05. The second kappa shape index (κ2) is 6.46. The molecule has 1 aromatic carbocycles. The number of hydrogen-bond donors (Lipinski definition) is 1. The zero-order valence-corrected chi connectivity index (χ0v) is 13.8. The fraction of sp³-hybridized carbons (Fsp3) is 0.625. The summed E-state index contributed by atoms with van der Waals surface area (Å²) < 4.78 is 26.9. The summed E-state index contributed by atoms with van der Waals surface area (Å²) in [6, 6.07) is 7.55. The fourth-order valence-corrected chi connectivity index (χ4v) is 4.73. The first kappa shape index (κ1) is 16.5. The lowest BCUT2D eigenvalue weighted by Crippen LogP contribution is -2.32. The van der Waals surface area contributed by atoms with Crippen molar-refractivity contribution in [3.63, 3.8) is 0 Å². The number of sulfonamides is 1. The summed E-state index contributed by atoms with van der Waals surface area (Å²) in [6.45, 7) is 6.07. The number of rotatable bonds is 6. The second-order valence-electron chi connectivity index (χ2n) is 6.07. The summed E-state index contributed by atoms with van der Waals surface area (Å²) in [5.41, 5.74) is 7.58. The Hall–Kier alpha value is -0.910. The summed E-state index contributed by atoms with van der Waals surface area (Å²) in [4.78, 5) is 0. The standard InChI is InChI=1S/C16H26N2O2S/c1-3-16(4-2)8-9-18(13-16)21(19,20)12-15-7-5-6-14(10-15)11-17/h5-7,10H,3-4,8-9,11-13,17H2,1-2H3. The normalized spacial score (nSPS) is 19.0. The van der Waals surface area contributed by atoms with Gasteiger partial charge in [-0.2, -0.15) is 0 Å². The van der Waals surface area contributed by atoms with E-state index in [1.54, 1.807) is 4.31 Å². The number of nitrogens with two attached hydrogens (primary N) is 1. The Kier molecular flexibility index (Phi) is 5.07. The van der Waals surface area contributed by atoms with Gasteiger partial charge in [0.05, 0.1) is 5.75 Å². The minimum Gasteiger partial charge on any atom is -0.326 e. The van der Waals surface area contributed by atoms with Gasteiger partial charge in [0.25, 0.3) is 0 Å². The third-order valence-electron chi connectivity index (χ3n) is 4.87. The van der Waals surface area contributed by atoms with Crippen molar-refractivity contribution in [1.29, 1.82) is 0 Å². The van der Waals surface area contributed by atoms with Crippen molar-refractivity contribution < 1.29 is 8.42 Å². The molecule has 0 spiro atoms. The minimum atomic E-state index is -3.24. The predicted molar refractivity (Wildman–Crippen MR) is 86.2 cm³/mol. The zero-order chi connectivity index (χ0) is 15.5. The average Bonchev–Trinajstić information content (AvgIpc) is 2.93. The zero-order valence-electron chi connectivity index (χ0n) is 13.0. The highest BCUT2D eigenvalue weighted by atomic mass is 32.2. The fourth-order valence-electron chi connectivity index (χ4n) is 3.11. The van der Waals surface area contributed by atoms with Crippen LogP contribution in [-0.2, 0) is 22.3 Å². The van der Waals surface area contributed by atoms with Gasteiger partial charge in [0.15, 0.2) is 0 Å². The maximum atomic E-state index is 12.6. The first-order valence-corrected chi connectivity index (χ1v) is 9.31. The van der Waals surface area contributed by atoms with Crippen molar-refractivity contribution in [1.82, 2.24) is 4.31 Å². The Balaban J connectivity index is 2.12. The van der Waals surface area contributed by atoms with Crippen LogP contribution in [0, 0.1) is 5.41 Å². The van der Waals surface area contributed by atoms with Gasteiger partial charge in [-0.25, -0.2) is 12.7 Å². The molecule has 2 rings (SSSR count). The number of nitrogens with zero attached hydrogens (tertiary/aromatic N) is 1. The Morgan fingerprint density at radius 2 is 1.90 bits per heavy atom. The number of hydrogen-bond acceptors (Lipinski definition) is 3. The van der Waals surface area contributed by atoms with Gasteiger partial charge in [-0.15, -0.1) is 0 Å². The van der Waals surface area contributed by atoms with Crippen LogP contribution >= 0.6 is 0 Å². The molecule has 0 aliphatic carbocycles. The summed E-state index contributed by atoms with van der Waals surface area (Å²) >= 11 is 0. The van der Waals surface area contributed by atoms with E-state index in [9.17, 15) is 8.42 Å². The van der Waals surface area contributed by atoms with Gasteiger partial charge in [0.2, 0.25) is 10.0 Å². The van der Waals surface area contributed by atoms with Crippen LogP contribution in [0.1, 0.15) is 44.2 Å². The smallest absolute Gasteiger partial charge is 0.218 e. The van der Waals surface area contributed by atoms with E-state index in [0.717, 1.165) is 30.4 Å². The first-order chi connectivity index (χ1) is 9.94. The van der Waals surface area contributed by atoms with Crippen LogP contribution in [0.2, 0.25) is 0 Å². The highest BCUT2D eigenvalue weighted by Crippen LogP contribution is 2.38. The maximum absolute atomic E-state index is 12.6. The Labute approximate surface area is 128 Å². The molecule has 1 heterocycles. The molecule has 21 heavy (non-hydrogen) atoms. The molecule has 0 aromatic heterocycles. The van der Waals surface area contributed by atoms with Crippen molar-refractivity contribution in [2.24, 2.45) is 11.1 Å². The van der Waals surface area contributed by atoms with Crippen LogP contribution in [-0.4, -0.2) is 25.8 Å². The lowest BCUT2D eigenvalue weighted by molar-refractivity contribution is 0.279. The van der Waals surface area contributed by atoms with E-state index in [-0.39, 0.29) is 11.2 Å². The Morgan fingerprint density at radius 3 is 2.48 bits per heavy atom. The molecule has 118 valence electrons. The molecule has 0 unspecified atom stereocenters. The van der Waals surface area contributed by atoms with Crippen molar-refractivity contribution in [3.05, 3.63) is 35.4 Å². The molecule has 0 bridgehead atoms. The van der Waals surface area contributed by atoms with Crippen LogP contribution in [0.15, 0.2) is 24.3 Å². The molecule has 1 aromatic rings. The molecule has 4 nitrogen and oxygen atoms in total. The molecule has 0 saturated carbocycles. The van der Waals surface area contributed by atoms with Gasteiger partial charge in [-0.3, -0.25) is 0 Å². The van der Waals surface area contributed by atoms with Gasteiger partial charge in [-0.1, -0.05) is 38.1 Å². The van der Waals surface area contributed by atoms with E-state index in [2.05, 4.69) is 13.8 Å². The van der Waals surface area contributed by atoms with Crippen LogP contribution in [0.25, 0.3) is 0 Å². The molecular formula is C16H26N2O2S. The maximum Gasteiger partial charge on any atom is 0.218 e. The van der Waals surface area contributed by atoms with Gasteiger partial charge < -0.3 is 5.73 Å². The van der Waals surface area contributed by atoms with Crippen LogP contribution in [0.3, 0.4) is 0 Å². The Morgan fingerprint density at radius 1 is 1.24 bits per heavy atom. The minimum absolute atomic E-state index is 0.0738. The molecule has 0 atom stereocenters. The largest absolute Gasteiger partial charge is 0.326 e. The SMILES string of the molecule is CCC1(CC)CCN(S(=O)(=O)Cc2cccc(CN)c2)C1. The molecule has 1 aliphatic heterocycles. The van der Waals surface area contributed by atoms with E-state index < -0.39 is 10.0 Å². The first-order valence-electron chi connectivity index (χ1n) is 7.70. The molecule has 0 amide bonds. The molecule has 5 heteroatoms. The van der Waals surface area contributed by atoms with E-state index in [1.165, 1.54) is 0 Å². The molecule has 2 N–H and O–H groups in total.